The van der Waals surface area contributed by atoms with Crippen molar-refractivity contribution in [2.45, 2.75) is 36.8 Å². The van der Waals surface area contributed by atoms with E-state index >= 15 is 0 Å². The molecule has 0 spiro atoms. The summed E-state index contributed by atoms with van der Waals surface area (Å²) in [5.74, 6) is -1.37. The second-order valence-corrected chi connectivity index (χ2v) is 10.7. The number of aryl methyl sites for hydroxylation is 1. The summed E-state index contributed by atoms with van der Waals surface area (Å²) in [4.78, 5) is 20.3. The number of amides is 1. The molecule has 0 bridgehead atoms. The minimum Gasteiger partial charge on any atom is -0.374 e. The molecule has 1 saturated heterocycles. The van der Waals surface area contributed by atoms with Crippen molar-refractivity contribution in [3.05, 3.63) is 70.6 Å². The summed E-state index contributed by atoms with van der Waals surface area (Å²) < 4.78 is 54.9. The molecule has 1 aromatic carbocycles. The summed E-state index contributed by atoms with van der Waals surface area (Å²) >= 11 is 0. The van der Waals surface area contributed by atoms with Gasteiger partial charge in [0.1, 0.15) is 12.0 Å². The first-order valence-electron chi connectivity index (χ1n) is 11.4. The van der Waals surface area contributed by atoms with Gasteiger partial charge in [0, 0.05) is 20.2 Å². The van der Waals surface area contributed by atoms with E-state index in [4.69, 9.17) is 16.0 Å². The molecule has 1 aliphatic heterocycles. The Morgan fingerprint density at radius 2 is 2.05 bits per heavy atom. The fourth-order valence-corrected chi connectivity index (χ4v) is 5.30. The standard InChI is InChI=1S/C25H26FN5O5S/c1-15(2)18-9-17(26)10-19(16-6-7-28-22(8-16)27-3)20(18)11-23(32)30-37(33,34)24-12-21(31(4)29-24)25(35-5)13-36-14-25/h6-10,12,15H,11,13-14H2,1-2,4-5H3,(H,30,32). The number of sulfonamides is 1. The molecule has 4 rings (SSSR count). The van der Waals surface area contributed by atoms with Gasteiger partial charge in [0.05, 0.1) is 25.3 Å². The number of methoxy groups -OCH3 is 1. The summed E-state index contributed by atoms with van der Waals surface area (Å²) in [5.41, 5.74) is 1.59. The number of nitrogens with one attached hydrogen (secondary N) is 1. The molecular formula is C25H26FN5O5S. The van der Waals surface area contributed by atoms with Crippen LogP contribution in [-0.4, -0.2) is 49.4 Å². The molecule has 0 aliphatic carbocycles. The van der Waals surface area contributed by atoms with Crippen LogP contribution in [0.1, 0.15) is 36.6 Å². The van der Waals surface area contributed by atoms with Gasteiger partial charge in [-0.15, -0.1) is 4.98 Å². The maximum Gasteiger partial charge on any atom is 0.283 e. The first-order chi connectivity index (χ1) is 17.5. The number of hydrogen-bond donors (Lipinski definition) is 1. The van der Waals surface area contributed by atoms with Gasteiger partial charge < -0.3 is 14.3 Å². The minimum atomic E-state index is -4.32. The van der Waals surface area contributed by atoms with Crippen LogP contribution in [0, 0.1) is 12.4 Å². The lowest BCUT2D eigenvalue weighted by Crippen LogP contribution is -2.49. The quantitative estimate of drug-likeness (QED) is 0.447. The molecular weight excluding hydrogens is 501 g/mol. The van der Waals surface area contributed by atoms with Crippen molar-refractivity contribution < 1.29 is 27.1 Å². The van der Waals surface area contributed by atoms with E-state index in [0.717, 1.165) is 0 Å². The van der Waals surface area contributed by atoms with Gasteiger partial charge in [-0.05, 0) is 52.4 Å². The zero-order valence-electron chi connectivity index (χ0n) is 20.8. The second kappa shape index (κ2) is 10.0. The average molecular weight is 528 g/mol. The fourth-order valence-electron chi connectivity index (χ4n) is 4.33. The van der Waals surface area contributed by atoms with Crippen molar-refractivity contribution in [3.8, 4) is 11.1 Å². The van der Waals surface area contributed by atoms with Crippen LogP contribution in [0.3, 0.4) is 0 Å². The van der Waals surface area contributed by atoms with E-state index in [2.05, 4.69) is 19.6 Å². The first kappa shape index (κ1) is 26.4. The van der Waals surface area contributed by atoms with Gasteiger partial charge in [0.2, 0.25) is 5.91 Å². The highest BCUT2D eigenvalue weighted by Gasteiger charge is 2.44. The van der Waals surface area contributed by atoms with Crippen molar-refractivity contribution >= 4 is 21.7 Å². The van der Waals surface area contributed by atoms with Crippen LogP contribution >= 0.6 is 0 Å². The van der Waals surface area contributed by atoms with Crippen LogP contribution in [0.2, 0.25) is 0 Å². The van der Waals surface area contributed by atoms with Crippen LogP contribution in [-0.2, 0) is 43.4 Å². The van der Waals surface area contributed by atoms with Crippen LogP contribution in [0.15, 0.2) is 41.6 Å². The van der Waals surface area contributed by atoms with E-state index in [0.29, 0.717) is 27.9 Å². The lowest BCUT2D eigenvalue weighted by molar-refractivity contribution is -0.206. The third-order valence-electron chi connectivity index (χ3n) is 6.29. The number of hydrogen-bond acceptors (Lipinski definition) is 7. The van der Waals surface area contributed by atoms with E-state index in [-0.39, 0.29) is 36.4 Å². The number of halogens is 1. The lowest BCUT2D eigenvalue weighted by Gasteiger charge is -2.39. The number of pyridine rings is 1. The Morgan fingerprint density at radius 3 is 2.65 bits per heavy atom. The molecule has 1 N–H and O–H groups in total. The van der Waals surface area contributed by atoms with E-state index in [1.54, 1.807) is 13.1 Å². The zero-order valence-corrected chi connectivity index (χ0v) is 21.6. The third-order valence-corrected chi connectivity index (χ3v) is 7.54. The molecule has 1 fully saturated rings. The molecule has 0 unspecified atom stereocenters. The normalized spacial score (nSPS) is 14.7. The molecule has 0 atom stereocenters. The lowest BCUT2D eigenvalue weighted by atomic mass is 9.88. The number of carbonyl (C=O) groups is 1. The molecule has 37 heavy (non-hydrogen) atoms. The van der Waals surface area contributed by atoms with Gasteiger partial charge in [-0.1, -0.05) is 20.4 Å². The Kier molecular flexibility index (Phi) is 7.14. The highest BCUT2D eigenvalue weighted by molar-refractivity contribution is 7.90. The summed E-state index contributed by atoms with van der Waals surface area (Å²) in [6.45, 7) is 11.4. The Balaban J connectivity index is 1.67. The van der Waals surface area contributed by atoms with E-state index in [1.165, 1.54) is 42.3 Å². The van der Waals surface area contributed by atoms with E-state index in [1.807, 2.05) is 13.8 Å². The average Bonchev–Trinajstić information content (AvgIpc) is 3.22. The van der Waals surface area contributed by atoms with Gasteiger partial charge in [-0.25, -0.2) is 9.11 Å². The second-order valence-electron chi connectivity index (χ2n) is 9.08. The Hall–Kier alpha value is -3.66. The summed E-state index contributed by atoms with van der Waals surface area (Å²) in [5, 5.41) is 3.74. The van der Waals surface area contributed by atoms with Crippen LogP contribution in [0.4, 0.5) is 10.2 Å². The molecule has 12 heteroatoms. The van der Waals surface area contributed by atoms with Crippen molar-refractivity contribution in [2.24, 2.45) is 7.05 Å². The van der Waals surface area contributed by atoms with Crippen LogP contribution in [0.25, 0.3) is 16.0 Å². The van der Waals surface area contributed by atoms with Gasteiger partial charge in [-0.3, -0.25) is 9.48 Å². The van der Waals surface area contributed by atoms with Crippen molar-refractivity contribution in [1.82, 2.24) is 19.5 Å². The monoisotopic (exact) mass is 527 g/mol. The largest absolute Gasteiger partial charge is 0.374 e. The maximum absolute atomic E-state index is 14.6. The third kappa shape index (κ3) is 5.11. The molecule has 3 heterocycles. The molecule has 0 radical (unpaired) electrons. The molecule has 1 aliphatic rings. The number of benzene rings is 1. The van der Waals surface area contributed by atoms with Gasteiger partial charge in [-0.2, -0.15) is 13.5 Å². The fraction of sp³-hybridized carbons (Fsp3) is 0.360. The SMILES string of the molecule is [C-]#[N+]c1cc(-c2cc(F)cc(C(C)C)c2CC(=O)NS(=O)(=O)c2cc(C3(OC)COC3)n(C)n2)ccn1. The number of carbonyl (C=O) groups excluding carboxylic acids is 1. The predicted molar refractivity (Wildman–Crippen MR) is 132 cm³/mol. The molecule has 10 nitrogen and oxygen atoms in total. The molecule has 0 saturated carbocycles. The first-order valence-corrected chi connectivity index (χ1v) is 12.9. The van der Waals surface area contributed by atoms with Gasteiger partial charge in [0.25, 0.3) is 15.8 Å². The highest BCUT2D eigenvalue weighted by atomic mass is 32.2. The highest BCUT2D eigenvalue weighted by Crippen LogP contribution is 2.35. The van der Waals surface area contributed by atoms with Crippen molar-refractivity contribution in [1.29, 1.82) is 0 Å². The smallest absolute Gasteiger partial charge is 0.283 e. The van der Waals surface area contributed by atoms with E-state index in [9.17, 15) is 17.6 Å². The summed E-state index contributed by atoms with van der Waals surface area (Å²) in [6.07, 6.45) is 1.09. The zero-order chi connectivity index (χ0) is 27.0. The summed E-state index contributed by atoms with van der Waals surface area (Å²) in [7, 11) is -1.23. The Morgan fingerprint density at radius 1 is 1.32 bits per heavy atom. The predicted octanol–water partition coefficient (Wildman–Crippen LogP) is 3.21. The van der Waals surface area contributed by atoms with Gasteiger partial charge >= 0.3 is 0 Å². The molecule has 3 aromatic rings. The molecule has 2 aromatic heterocycles. The number of rotatable bonds is 8. The van der Waals surface area contributed by atoms with Gasteiger partial charge in [0.15, 0.2) is 10.6 Å². The molecule has 1 amide bonds. The topological polar surface area (TPSA) is 117 Å². The van der Waals surface area contributed by atoms with Crippen LogP contribution in [0.5, 0.6) is 0 Å². The Bertz CT molecular complexity index is 1500. The number of nitrogens with zero attached hydrogens (tertiary/aromatic N) is 4. The number of aromatic nitrogens is 3. The van der Waals surface area contributed by atoms with Crippen LogP contribution < -0.4 is 4.72 Å². The number of ether oxygens (including phenoxy) is 2. The van der Waals surface area contributed by atoms with E-state index < -0.39 is 27.3 Å². The van der Waals surface area contributed by atoms with Crippen molar-refractivity contribution in [2.75, 3.05) is 20.3 Å². The minimum absolute atomic E-state index is 0.113. The van der Waals surface area contributed by atoms with Crippen molar-refractivity contribution in [3.63, 3.8) is 0 Å². The summed E-state index contributed by atoms with van der Waals surface area (Å²) in [6, 6.07) is 7.06. The maximum atomic E-state index is 14.6. The molecule has 194 valence electrons. The Labute approximate surface area is 214 Å².